The topological polar surface area (TPSA) is 85.7 Å². The molecule has 1 N–H and O–H groups in total. The molecule has 0 aliphatic heterocycles. The van der Waals surface area contributed by atoms with Crippen LogP contribution in [0.1, 0.15) is 31.0 Å². The van der Waals surface area contributed by atoms with Gasteiger partial charge in [0.2, 0.25) is 0 Å². The molecular weight excluding hydrogens is 386 g/mol. The van der Waals surface area contributed by atoms with E-state index in [4.69, 9.17) is 9.72 Å². The van der Waals surface area contributed by atoms with Crippen LogP contribution in [0, 0.1) is 13.8 Å². The van der Waals surface area contributed by atoms with Crippen molar-refractivity contribution in [3.8, 4) is 28.4 Å². The Hall–Kier alpha value is -3.00. The molecule has 8 heteroatoms. The van der Waals surface area contributed by atoms with E-state index in [1.54, 1.807) is 16.0 Å². The molecule has 0 radical (unpaired) electrons. The van der Waals surface area contributed by atoms with Gasteiger partial charge in [-0.25, -0.2) is 14.6 Å². The number of fused-ring (bicyclic) bond motifs is 1. The highest BCUT2D eigenvalue weighted by Crippen LogP contribution is 2.33. The maximum Gasteiger partial charge on any atom is 0.262 e. The summed E-state index contributed by atoms with van der Waals surface area (Å²) in [7, 11) is 0. The Morgan fingerprint density at radius 2 is 2.03 bits per heavy atom. The summed E-state index contributed by atoms with van der Waals surface area (Å²) in [5, 5.41) is 7.99. The van der Waals surface area contributed by atoms with Gasteiger partial charge in [0.05, 0.1) is 28.6 Å². The van der Waals surface area contributed by atoms with E-state index < -0.39 is 0 Å². The fourth-order valence-electron chi connectivity index (χ4n) is 3.31. The third-order valence-electron chi connectivity index (χ3n) is 4.69. The fraction of sp³-hybridized carbons (Fsp3) is 0.333. The molecule has 0 aliphatic rings. The van der Waals surface area contributed by atoms with E-state index in [1.165, 1.54) is 0 Å². The Bertz CT molecular complexity index is 1240. The highest BCUT2D eigenvalue weighted by molar-refractivity contribution is 7.09. The van der Waals surface area contributed by atoms with Crippen LogP contribution in [-0.2, 0) is 6.54 Å². The van der Waals surface area contributed by atoms with E-state index in [0.717, 1.165) is 28.2 Å². The largest absolute Gasteiger partial charge is 0.493 e. The minimum Gasteiger partial charge on any atom is -0.493 e. The number of hydrogen-bond acceptors (Lipinski definition) is 6. The molecule has 0 spiro atoms. The third kappa shape index (κ3) is 3.55. The molecule has 7 nitrogen and oxygen atoms in total. The number of aromatic nitrogens is 5. The predicted molar refractivity (Wildman–Crippen MR) is 116 cm³/mol. The first-order valence-electron chi connectivity index (χ1n) is 9.69. The monoisotopic (exact) mass is 409 g/mol. The van der Waals surface area contributed by atoms with Gasteiger partial charge in [0.1, 0.15) is 17.0 Å². The normalized spacial score (nSPS) is 11.3. The van der Waals surface area contributed by atoms with Crippen LogP contribution in [0.5, 0.6) is 5.75 Å². The Balaban J connectivity index is 1.93. The SMILES string of the molecule is CCCOc1ccc(-c2csc(C)n2)cc1-c1nc2c(c(C)nn2CC)c(=O)[nH]1. The van der Waals surface area contributed by atoms with Gasteiger partial charge in [-0.1, -0.05) is 6.92 Å². The van der Waals surface area contributed by atoms with Gasteiger partial charge in [-0.15, -0.1) is 11.3 Å². The summed E-state index contributed by atoms with van der Waals surface area (Å²) >= 11 is 1.60. The van der Waals surface area contributed by atoms with Crippen LogP contribution in [0.15, 0.2) is 28.4 Å². The number of H-pyrrole nitrogens is 1. The van der Waals surface area contributed by atoms with Crippen LogP contribution in [-0.4, -0.2) is 31.3 Å². The number of nitrogens with one attached hydrogen (secondary N) is 1. The molecular formula is C21H23N5O2S. The van der Waals surface area contributed by atoms with Crippen molar-refractivity contribution in [1.29, 1.82) is 0 Å². The lowest BCUT2D eigenvalue weighted by atomic mass is 10.1. The van der Waals surface area contributed by atoms with Crippen molar-refractivity contribution in [3.05, 3.63) is 44.6 Å². The minimum atomic E-state index is -0.196. The molecule has 150 valence electrons. The Morgan fingerprint density at radius 1 is 1.21 bits per heavy atom. The maximum absolute atomic E-state index is 12.8. The van der Waals surface area contributed by atoms with E-state index in [-0.39, 0.29) is 5.56 Å². The number of benzene rings is 1. The summed E-state index contributed by atoms with van der Waals surface area (Å²) in [6.45, 7) is 9.07. The molecule has 29 heavy (non-hydrogen) atoms. The molecule has 0 saturated heterocycles. The zero-order chi connectivity index (χ0) is 20.5. The van der Waals surface area contributed by atoms with Crippen LogP contribution in [0.4, 0.5) is 0 Å². The molecule has 0 unspecified atom stereocenters. The fourth-order valence-corrected chi connectivity index (χ4v) is 3.93. The second-order valence-electron chi connectivity index (χ2n) is 6.83. The number of aryl methyl sites for hydroxylation is 3. The number of ether oxygens (including phenoxy) is 1. The zero-order valence-corrected chi connectivity index (χ0v) is 17.8. The van der Waals surface area contributed by atoms with E-state index >= 15 is 0 Å². The lowest BCUT2D eigenvalue weighted by molar-refractivity contribution is 0.318. The molecule has 3 aromatic heterocycles. The summed E-state index contributed by atoms with van der Waals surface area (Å²) in [5.41, 5.74) is 3.65. The molecule has 0 saturated carbocycles. The minimum absolute atomic E-state index is 0.196. The molecule has 0 bridgehead atoms. The van der Waals surface area contributed by atoms with Crippen molar-refractivity contribution < 1.29 is 4.74 Å². The van der Waals surface area contributed by atoms with Gasteiger partial charge in [-0.2, -0.15) is 5.10 Å². The van der Waals surface area contributed by atoms with Gasteiger partial charge >= 0.3 is 0 Å². The first-order valence-corrected chi connectivity index (χ1v) is 10.6. The molecule has 0 atom stereocenters. The van der Waals surface area contributed by atoms with Crippen LogP contribution in [0.2, 0.25) is 0 Å². The maximum atomic E-state index is 12.8. The van der Waals surface area contributed by atoms with Crippen LogP contribution >= 0.6 is 11.3 Å². The number of rotatable bonds is 6. The van der Waals surface area contributed by atoms with Crippen molar-refractivity contribution in [2.45, 2.75) is 40.7 Å². The summed E-state index contributed by atoms with van der Waals surface area (Å²) in [5.74, 6) is 1.15. The number of hydrogen-bond donors (Lipinski definition) is 1. The molecule has 1 aromatic carbocycles. The van der Waals surface area contributed by atoms with Crippen LogP contribution in [0.25, 0.3) is 33.7 Å². The molecule has 0 amide bonds. The molecule has 0 fully saturated rings. The van der Waals surface area contributed by atoms with Gasteiger partial charge < -0.3 is 9.72 Å². The zero-order valence-electron chi connectivity index (χ0n) is 16.9. The van der Waals surface area contributed by atoms with E-state index in [2.05, 4.69) is 22.0 Å². The standard InChI is InChI=1S/C21H23N5O2S/c1-5-9-28-17-8-7-14(16-11-29-13(4)22-16)10-15(17)19-23-20-18(21(27)24-19)12(3)25-26(20)6-2/h7-8,10-11H,5-6,9H2,1-4H3,(H,23,24,27). The number of thiazole rings is 1. The molecule has 4 rings (SSSR count). The second-order valence-corrected chi connectivity index (χ2v) is 7.89. The molecule has 4 aromatic rings. The summed E-state index contributed by atoms with van der Waals surface area (Å²) in [4.78, 5) is 25.1. The summed E-state index contributed by atoms with van der Waals surface area (Å²) in [6.07, 6.45) is 0.886. The smallest absolute Gasteiger partial charge is 0.262 e. The Morgan fingerprint density at radius 3 is 2.72 bits per heavy atom. The van der Waals surface area contributed by atoms with E-state index in [0.29, 0.717) is 41.5 Å². The first-order chi connectivity index (χ1) is 14.0. The van der Waals surface area contributed by atoms with Crippen molar-refractivity contribution in [3.63, 3.8) is 0 Å². The summed E-state index contributed by atoms with van der Waals surface area (Å²) in [6, 6.07) is 5.88. The van der Waals surface area contributed by atoms with Gasteiger partial charge in [0.25, 0.3) is 5.56 Å². The molecule has 0 aliphatic carbocycles. The average molecular weight is 410 g/mol. The third-order valence-corrected chi connectivity index (χ3v) is 5.46. The quantitative estimate of drug-likeness (QED) is 0.512. The summed E-state index contributed by atoms with van der Waals surface area (Å²) < 4.78 is 7.70. The van der Waals surface area contributed by atoms with Gasteiger partial charge in [0, 0.05) is 17.5 Å². The predicted octanol–water partition coefficient (Wildman–Crippen LogP) is 4.34. The van der Waals surface area contributed by atoms with Gasteiger partial charge in [0.15, 0.2) is 5.65 Å². The van der Waals surface area contributed by atoms with Crippen molar-refractivity contribution in [2.75, 3.05) is 6.61 Å². The van der Waals surface area contributed by atoms with Crippen molar-refractivity contribution >= 4 is 22.4 Å². The lowest BCUT2D eigenvalue weighted by Gasteiger charge is -2.12. The van der Waals surface area contributed by atoms with Gasteiger partial charge in [-0.3, -0.25) is 4.79 Å². The highest BCUT2D eigenvalue weighted by Gasteiger charge is 2.17. The number of nitrogens with zero attached hydrogens (tertiary/aromatic N) is 4. The average Bonchev–Trinajstić information content (AvgIpc) is 3.29. The van der Waals surface area contributed by atoms with Crippen LogP contribution in [0.3, 0.4) is 0 Å². The Kier molecular flexibility index (Phi) is 5.19. The number of aromatic amines is 1. The van der Waals surface area contributed by atoms with E-state index in [1.807, 2.05) is 44.4 Å². The van der Waals surface area contributed by atoms with Crippen molar-refractivity contribution in [1.82, 2.24) is 24.7 Å². The van der Waals surface area contributed by atoms with Crippen molar-refractivity contribution in [2.24, 2.45) is 0 Å². The highest BCUT2D eigenvalue weighted by atomic mass is 32.1. The van der Waals surface area contributed by atoms with Crippen LogP contribution < -0.4 is 10.3 Å². The van der Waals surface area contributed by atoms with Gasteiger partial charge in [-0.05, 0) is 45.4 Å². The molecule has 3 heterocycles. The Labute approximate surface area is 172 Å². The second kappa shape index (κ2) is 7.79. The lowest BCUT2D eigenvalue weighted by Crippen LogP contribution is -2.11. The first kappa shape index (κ1) is 19.3. The van der Waals surface area contributed by atoms with E-state index in [9.17, 15) is 4.79 Å².